The number of nitrogens with one attached hydrogen (secondary N) is 1. The van der Waals surface area contributed by atoms with Gasteiger partial charge in [-0.25, -0.2) is 4.79 Å². The molecule has 7 nitrogen and oxygen atoms in total. The molecule has 0 aliphatic heterocycles. The third kappa shape index (κ3) is 5.07. The summed E-state index contributed by atoms with van der Waals surface area (Å²) in [7, 11) is 1.44. The Morgan fingerprint density at radius 1 is 1.33 bits per heavy atom. The lowest BCUT2D eigenvalue weighted by molar-refractivity contribution is -0.140. The van der Waals surface area contributed by atoms with Crippen LogP contribution in [0.1, 0.15) is 23.2 Å². The van der Waals surface area contributed by atoms with Gasteiger partial charge in [-0.05, 0) is 40.5 Å². The van der Waals surface area contributed by atoms with E-state index in [-0.39, 0.29) is 18.4 Å². The van der Waals surface area contributed by atoms with Crippen molar-refractivity contribution in [3.8, 4) is 5.75 Å². The van der Waals surface area contributed by atoms with Crippen molar-refractivity contribution < 1.29 is 29.3 Å². The van der Waals surface area contributed by atoms with Crippen LogP contribution in [0, 0.1) is 0 Å². The van der Waals surface area contributed by atoms with E-state index in [1.54, 1.807) is 12.1 Å². The zero-order chi connectivity index (χ0) is 16.0. The first-order valence-electron chi connectivity index (χ1n) is 5.94. The number of carbonyl (C=O) groups is 3. The molecule has 0 heterocycles. The Hall–Kier alpha value is -2.09. The van der Waals surface area contributed by atoms with Gasteiger partial charge in [-0.3, -0.25) is 9.59 Å². The predicted octanol–water partition coefficient (Wildman–Crippen LogP) is 1.51. The molecule has 0 aliphatic carbocycles. The number of methoxy groups -OCH3 is 1. The molecule has 8 heteroatoms. The smallest absolute Gasteiger partial charge is 0.326 e. The topological polar surface area (TPSA) is 113 Å². The number of carboxylic acid groups (broad SMARTS) is 2. The van der Waals surface area contributed by atoms with Crippen molar-refractivity contribution in [1.29, 1.82) is 0 Å². The Kier molecular flexibility index (Phi) is 6.16. The lowest BCUT2D eigenvalue weighted by atomic mass is 10.1. The van der Waals surface area contributed by atoms with Crippen molar-refractivity contribution in [2.75, 3.05) is 7.11 Å². The Balaban J connectivity index is 2.86. The summed E-state index contributed by atoms with van der Waals surface area (Å²) in [5.74, 6) is -2.60. The molecule has 1 aromatic rings. The number of ether oxygens (including phenoxy) is 1. The summed E-state index contributed by atoms with van der Waals surface area (Å²) in [6.07, 6.45) is -0.547. The largest absolute Gasteiger partial charge is 0.497 e. The average Bonchev–Trinajstić information content (AvgIpc) is 2.43. The molecule has 21 heavy (non-hydrogen) atoms. The number of aliphatic carboxylic acids is 2. The predicted molar refractivity (Wildman–Crippen MR) is 76.5 cm³/mol. The molecule has 1 atom stereocenters. The summed E-state index contributed by atoms with van der Waals surface area (Å²) in [5.41, 5.74) is 0.205. The van der Waals surface area contributed by atoms with Gasteiger partial charge in [0.2, 0.25) is 0 Å². The highest BCUT2D eigenvalue weighted by molar-refractivity contribution is 9.10. The lowest BCUT2D eigenvalue weighted by Crippen LogP contribution is -2.41. The molecule has 1 rings (SSSR count). The van der Waals surface area contributed by atoms with Gasteiger partial charge in [0.15, 0.2) is 0 Å². The minimum absolute atomic E-state index is 0.196. The van der Waals surface area contributed by atoms with Gasteiger partial charge < -0.3 is 20.3 Å². The number of carboxylic acids is 2. The van der Waals surface area contributed by atoms with Gasteiger partial charge in [0.05, 0.1) is 12.7 Å². The molecular weight excluding hydrogens is 346 g/mol. The zero-order valence-electron chi connectivity index (χ0n) is 11.1. The minimum atomic E-state index is -1.29. The fraction of sp³-hybridized carbons (Fsp3) is 0.308. The van der Waals surface area contributed by atoms with Crippen LogP contribution in [0.2, 0.25) is 0 Å². The highest BCUT2D eigenvalue weighted by Crippen LogP contribution is 2.22. The minimum Gasteiger partial charge on any atom is -0.497 e. The summed E-state index contributed by atoms with van der Waals surface area (Å²) in [6.45, 7) is 0. The molecule has 1 aromatic carbocycles. The quantitative estimate of drug-likeness (QED) is 0.679. The lowest BCUT2D eigenvalue weighted by Gasteiger charge is -2.14. The first-order chi connectivity index (χ1) is 9.85. The third-order valence-corrected chi connectivity index (χ3v) is 3.36. The van der Waals surface area contributed by atoms with Crippen molar-refractivity contribution in [2.45, 2.75) is 18.9 Å². The Morgan fingerprint density at radius 3 is 2.52 bits per heavy atom. The number of carbonyl (C=O) groups excluding carboxylic acids is 1. The van der Waals surface area contributed by atoms with E-state index in [1.165, 1.54) is 13.2 Å². The SMILES string of the molecule is COc1ccc(Br)c(C(=O)NC(CCC(=O)O)C(=O)O)c1. The van der Waals surface area contributed by atoms with Crippen molar-refractivity contribution in [3.63, 3.8) is 0 Å². The summed E-state index contributed by atoms with van der Waals surface area (Å²) in [4.78, 5) is 33.6. The second-order valence-corrected chi connectivity index (χ2v) is 5.00. The van der Waals surface area contributed by atoms with Crippen molar-refractivity contribution in [1.82, 2.24) is 5.32 Å². The standard InChI is InChI=1S/C13H14BrNO6/c1-21-7-2-3-9(14)8(6-7)12(18)15-10(13(19)20)4-5-11(16)17/h2-3,6,10H,4-5H2,1H3,(H,15,18)(H,16,17)(H,19,20). The Bertz CT molecular complexity index is 560. The number of hydrogen-bond donors (Lipinski definition) is 3. The molecule has 0 fully saturated rings. The monoisotopic (exact) mass is 359 g/mol. The number of hydrogen-bond acceptors (Lipinski definition) is 4. The van der Waals surface area contributed by atoms with E-state index in [4.69, 9.17) is 14.9 Å². The molecule has 0 aromatic heterocycles. The Morgan fingerprint density at radius 2 is 2.00 bits per heavy atom. The van der Waals surface area contributed by atoms with Gasteiger partial charge in [0, 0.05) is 10.9 Å². The first kappa shape index (κ1) is 17.0. The van der Waals surface area contributed by atoms with E-state index >= 15 is 0 Å². The molecule has 0 bridgehead atoms. The van der Waals surface area contributed by atoms with E-state index in [2.05, 4.69) is 21.2 Å². The maximum atomic E-state index is 12.1. The highest BCUT2D eigenvalue weighted by Gasteiger charge is 2.22. The fourth-order valence-electron chi connectivity index (χ4n) is 1.57. The normalized spacial score (nSPS) is 11.5. The van der Waals surface area contributed by atoms with Gasteiger partial charge in [0.25, 0.3) is 5.91 Å². The number of benzene rings is 1. The highest BCUT2D eigenvalue weighted by atomic mass is 79.9. The van der Waals surface area contributed by atoms with E-state index < -0.39 is 23.9 Å². The van der Waals surface area contributed by atoms with Crippen LogP contribution in [0.15, 0.2) is 22.7 Å². The van der Waals surface area contributed by atoms with E-state index in [1.807, 2.05) is 0 Å². The molecule has 0 spiro atoms. The summed E-state index contributed by atoms with van der Waals surface area (Å²) >= 11 is 3.19. The molecule has 1 unspecified atom stereocenters. The van der Waals surface area contributed by atoms with Crippen LogP contribution >= 0.6 is 15.9 Å². The Labute approximate surface area is 129 Å². The van der Waals surface area contributed by atoms with Crippen LogP contribution in [-0.4, -0.2) is 41.2 Å². The van der Waals surface area contributed by atoms with Gasteiger partial charge in [0.1, 0.15) is 11.8 Å². The van der Waals surface area contributed by atoms with Crippen LogP contribution in [0.5, 0.6) is 5.75 Å². The summed E-state index contributed by atoms with van der Waals surface area (Å²) < 4.78 is 5.47. The van der Waals surface area contributed by atoms with Crippen LogP contribution in [0.25, 0.3) is 0 Å². The first-order valence-corrected chi connectivity index (χ1v) is 6.73. The molecule has 114 valence electrons. The van der Waals surface area contributed by atoms with Crippen LogP contribution < -0.4 is 10.1 Å². The maximum Gasteiger partial charge on any atom is 0.326 e. The van der Waals surface area contributed by atoms with Gasteiger partial charge >= 0.3 is 11.9 Å². The molecule has 0 saturated carbocycles. The number of rotatable bonds is 7. The third-order valence-electron chi connectivity index (χ3n) is 2.67. The number of amides is 1. The second-order valence-electron chi connectivity index (χ2n) is 4.14. The molecule has 0 radical (unpaired) electrons. The van der Waals surface area contributed by atoms with Crippen molar-refractivity contribution >= 4 is 33.8 Å². The maximum absolute atomic E-state index is 12.1. The zero-order valence-corrected chi connectivity index (χ0v) is 12.7. The molecule has 3 N–H and O–H groups in total. The molecule has 0 saturated heterocycles. The summed E-state index contributed by atoms with van der Waals surface area (Å²) in [5, 5.41) is 19.9. The second kappa shape index (κ2) is 7.63. The van der Waals surface area contributed by atoms with E-state index in [9.17, 15) is 14.4 Å². The van der Waals surface area contributed by atoms with Gasteiger partial charge in [-0.1, -0.05) is 0 Å². The summed E-state index contributed by atoms with van der Waals surface area (Å²) in [6, 6.07) is 3.42. The van der Waals surface area contributed by atoms with Crippen molar-refractivity contribution in [2.24, 2.45) is 0 Å². The van der Waals surface area contributed by atoms with E-state index in [0.29, 0.717) is 10.2 Å². The van der Waals surface area contributed by atoms with Crippen LogP contribution in [0.4, 0.5) is 0 Å². The van der Waals surface area contributed by atoms with Crippen LogP contribution in [0.3, 0.4) is 0 Å². The van der Waals surface area contributed by atoms with Gasteiger partial charge in [-0.2, -0.15) is 0 Å². The van der Waals surface area contributed by atoms with E-state index in [0.717, 1.165) is 0 Å². The molecule has 0 aliphatic rings. The molecule has 1 amide bonds. The number of halogens is 1. The fourth-order valence-corrected chi connectivity index (χ4v) is 1.99. The van der Waals surface area contributed by atoms with Crippen LogP contribution in [-0.2, 0) is 9.59 Å². The van der Waals surface area contributed by atoms with Crippen molar-refractivity contribution in [3.05, 3.63) is 28.2 Å². The molecular formula is C13H14BrNO6. The van der Waals surface area contributed by atoms with Gasteiger partial charge in [-0.15, -0.1) is 0 Å². The average molecular weight is 360 g/mol.